The van der Waals surface area contributed by atoms with E-state index >= 15 is 0 Å². The third kappa shape index (κ3) is 9.66. The molecule has 4 aromatic rings. The summed E-state index contributed by atoms with van der Waals surface area (Å²) in [5, 5.41) is 5.64. The largest absolute Gasteiger partial charge is 0.500 e. The topological polar surface area (TPSA) is 30.9 Å². The highest BCUT2D eigenvalue weighted by Crippen LogP contribution is 2.40. The summed E-state index contributed by atoms with van der Waals surface area (Å²) in [6.07, 6.45) is 2.95. The second-order valence-corrected chi connectivity index (χ2v) is 17.0. The summed E-state index contributed by atoms with van der Waals surface area (Å²) < 4.78 is 18.6. The Morgan fingerprint density at radius 1 is 0.500 bits per heavy atom. The molecule has 0 atom stereocenters. The van der Waals surface area contributed by atoms with Gasteiger partial charge < -0.3 is 13.3 Å². The first-order valence-corrected chi connectivity index (χ1v) is 20.1. The first-order chi connectivity index (χ1) is 20.7. The average Bonchev–Trinajstić information content (AvgIpc) is 3.04. The molecule has 0 N–H and O–H groups in total. The van der Waals surface area contributed by atoms with Crippen molar-refractivity contribution in [2.75, 3.05) is 38.9 Å². The standard InChI is InChI=1S/C35H45NO3P2Si/c1-4-37-42(38-5-2,39-6-3)29-19-28-36(30-40(32-20-11-7-12-21-32)33-22-13-8-14-23-33)31-41(34-24-15-9-16-25-34)35-26-17-10-18-27-35/h7-18,20-27H,4-6,19,28-31H2,1-3H3. The van der Waals surface area contributed by atoms with Crippen LogP contribution < -0.4 is 21.2 Å². The van der Waals surface area contributed by atoms with Gasteiger partial charge in [-0.15, -0.1) is 0 Å². The minimum Gasteiger partial charge on any atom is -0.374 e. The summed E-state index contributed by atoms with van der Waals surface area (Å²) in [7, 11) is -3.85. The fourth-order valence-electron chi connectivity index (χ4n) is 5.16. The molecule has 0 aromatic heterocycles. The van der Waals surface area contributed by atoms with Crippen molar-refractivity contribution in [3.63, 3.8) is 0 Å². The van der Waals surface area contributed by atoms with Crippen molar-refractivity contribution in [3.05, 3.63) is 121 Å². The van der Waals surface area contributed by atoms with Crippen molar-refractivity contribution in [3.8, 4) is 0 Å². The van der Waals surface area contributed by atoms with Crippen LogP contribution in [0.25, 0.3) is 0 Å². The Morgan fingerprint density at radius 2 is 0.810 bits per heavy atom. The number of hydrogen-bond donors (Lipinski definition) is 0. The molecule has 4 rings (SSSR count). The third-order valence-corrected chi connectivity index (χ3v) is 15.2. The molecule has 0 heterocycles. The van der Waals surface area contributed by atoms with E-state index in [1.165, 1.54) is 21.2 Å². The molecule has 7 heteroatoms. The molecule has 0 saturated heterocycles. The Bertz CT molecular complexity index is 1090. The maximum absolute atomic E-state index is 6.22. The quantitative estimate of drug-likeness (QED) is 0.0898. The lowest BCUT2D eigenvalue weighted by atomic mass is 10.4. The Labute approximate surface area is 256 Å². The highest BCUT2D eigenvalue weighted by molar-refractivity contribution is 7.73. The summed E-state index contributed by atoms with van der Waals surface area (Å²) in [6, 6.07) is 45.0. The van der Waals surface area contributed by atoms with Crippen LogP contribution in [0.1, 0.15) is 27.2 Å². The highest BCUT2D eigenvalue weighted by atomic mass is 31.1. The van der Waals surface area contributed by atoms with Gasteiger partial charge in [-0.25, -0.2) is 0 Å². The lowest BCUT2D eigenvalue weighted by Gasteiger charge is -2.33. The second kappa shape index (κ2) is 17.8. The summed E-state index contributed by atoms with van der Waals surface area (Å²) in [6.45, 7) is 8.88. The van der Waals surface area contributed by atoms with Gasteiger partial charge in [-0.2, -0.15) is 0 Å². The van der Waals surface area contributed by atoms with E-state index in [1.54, 1.807) is 0 Å². The summed E-state index contributed by atoms with van der Waals surface area (Å²) in [4.78, 5) is 2.71. The van der Waals surface area contributed by atoms with Crippen LogP contribution in [0.15, 0.2) is 121 Å². The molecule has 0 radical (unpaired) electrons. The van der Waals surface area contributed by atoms with Crippen molar-refractivity contribution in [1.82, 2.24) is 4.90 Å². The zero-order valence-electron chi connectivity index (χ0n) is 25.3. The molecule has 0 aliphatic rings. The number of benzene rings is 4. The van der Waals surface area contributed by atoms with E-state index in [1.807, 2.05) is 20.8 Å². The van der Waals surface area contributed by atoms with Crippen LogP contribution in [0.5, 0.6) is 0 Å². The van der Waals surface area contributed by atoms with Crippen LogP contribution in [-0.2, 0) is 13.3 Å². The minimum absolute atomic E-state index is 0.570. The van der Waals surface area contributed by atoms with E-state index in [4.69, 9.17) is 13.3 Å². The molecule has 0 saturated carbocycles. The van der Waals surface area contributed by atoms with E-state index in [9.17, 15) is 0 Å². The predicted octanol–water partition coefficient (Wildman–Crippen LogP) is 6.91. The Kier molecular flexibility index (Phi) is 13.9. The number of hydrogen-bond acceptors (Lipinski definition) is 4. The predicted molar refractivity (Wildman–Crippen MR) is 185 cm³/mol. The maximum atomic E-state index is 6.22. The molecule has 0 spiro atoms. The fourth-order valence-corrected chi connectivity index (χ4v) is 12.6. The zero-order valence-corrected chi connectivity index (χ0v) is 28.1. The smallest absolute Gasteiger partial charge is 0.374 e. The lowest BCUT2D eigenvalue weighted by Crippen LogP contribution is -2.46. The van der Waals surface area contributed by atoms with Crippen LogP contribution >= 0.6 is 15.8 Å². The summed E-state index contributed by atoms with van der Waals surface area (Å²) >= 11 is 0. The first-order valence-electron chi connectivity index (χ1n) is 15.1. The van der Waals surface area contributed by atoms with Gasteiger partial charge in [-0.3, -0.25) is 4.90 Å². The molecule has 0 unspecified atom stereocenters. The molecule has 0 aliphatic heterocycles. The van der Waals surface area contributed by atoms with E-state index in [2.05, 4.69) is 126 Å². The van der Waals surface area contributed by atoms with Gasteiger partial charge >= 0.3 is 8.80 Å². The van der Waals surface area contributed by atoms with Gasteiger partial charge in [0.1, 0.15) is 0 Å². The fraction of sp³-hybridized carbons (Fsp3) is 0.314. The molecule has 4 aromatic carbocycles. The van der Waals surface area contributed by atoms with Crippen molar-refractivity contribution in [2.24, 2.45) is 0 Å². The molecule has 0 fully saturated rings. The van der Waals surface area contributed by atoms with E-state index in [-0.39, 0.29) is 0 Å². The van der Waals surface area contributed by atoms with E-state index in [0.717, 1.165) is 31.6 Å². The van der Waals surface area contributed by atoms with Crippen molar-refractivity contribution in [2.45, 2.75) is 33.2 Å². The first kappa shape index (κ1) is 32.7. The average molecular weight is 618 g/mol. The maximum Gasteiger partial charge on any atom is 0.500 e. The van der Waals surface area contributed by atoms with Crippen LogP contribution in [0.3, 0.4) is 0 Å². The van der Waals surface area contributed by atoms with Gasteiger partial charge in [0.15, 0.2) is 0 Å². The molecular weight excluding hydrogens is 572 g/mol. The van der Waals surface area contributed by atoms with Crippen molar-refractivity contribution >= 4 is 45.9 Å². The number of nitrogens with zero attached hydrogens (tertiary/aromatic N) is 1. The van der Waals surface area contributed by atoms with Crippen LogP contribution in [0, 0.1) is 0 Å². The van der Waals surface area contributed by atoms with Gasteiger partial charge in [-0.1, -0.05) is 121 Å². The lowest BCUT2D eigenvalue weighted by molar-refractivity contribution is 0.0702. The van der Waals surface area contributed by atoms with Gasteiger partial charge in [0, 0.05) is 38.4 Å². The van der Waals surface area contributed by atoms with Gasteiger partial charge in [0.05, 0.1) is 0 Å². The van der Waals surface area contributed by atoms with Crippen molar-refractivity contribution < 1.29 is 13.3 Å². The van der Waals surface area contributed by atoms with Crippen LogP contribution in [0.4, 0.5) is 0 Å². The second-order valence-electron chi connectivity index (χ2n) is 9.96. The zero-order chi connectivity index (χ0) is 29.5. The highest BCUT2D eigenvalue weighted by Gasteiger charge is 2.40. The Balaban J connectivity index is 1.66. The van der Waals surface area contributed by atoms with Gasteiger partial charge in [0.2, 0.25) is 0 Å². The van der Waals surface area contributed by atoms with Crippen molar-refractivity contribution in [1.29, 1.82) is 0 Å². The minimum atomic E-state index is -2.71. The monoisotopic (exact) mass is 617 g/mol. The molecule has 222 valence electrons. The third-order valence-electron chi connectivity index (χ3n) is 7.00. The number of rotatable bonds is 18. The van der Waals surface area contributed by atoms with Gasteiger partial charge in [0.25, 0.3) is 0 Å². The molecule has 42 heavy (non-hydrogen) atoms. The molecule has 0 aliphatic carbocycles. The SMILES string of the molecule is CCO[Si](CCCN(CP(c1ccccc1)c1ccccc1)CP(c1ccccc1)c1ccccc1)(OCC)OCC. The normalized spacial score (nSPS) is 12.0. The Hall–Kier alpha value is -2.20. The summed E-state index contributed by atoms with van der Waals surface area (Å²) in [5.41, 5.74) is 0. The Morgan fingerprint density at radius 3 is 1.10 bits per heavy atom. The molecule has 0 amide bonds. The molecule has 0 bridgehead atoms. The summed E-state index contributed by atoms with van der Waals surface area (Å²) in [5.74, 6) is 0. The molecule has 4 nitrogen and oxygen atoms in total. The van der Waals surface area contributed by atoms with E-state index < -0.39 is 24.6 Å². The van der Waals surface area contributed by atoms with E-state index in [0.29, 0.717) is 19.8 Å². The van der Waals surface area contributed by atoms with Gasteiger partial charge in [-0.05, 0) is 70.8 Å². The van der Waals surface area contributed by atoms with Crippen LogP contribution in [-0.4, -0.2) is 52.6 Å². The molecular formula is C35H45NO3P2Si. The van der Waals surface area contributed by atoms with Crippen LogP contribution in [0.2, 0.25) is 6.04 Å².